The lowest BCUT2D eigenvalue weighted by molar-refractivity contribution is 0.153. The minimum atomic E-state index is 0. The van der Waals surface area contributed by atoms with Crippen molar-refractivity contribution in [1.82, 2.24) is 10.2 Å². The number of benzene rings is 1. The SMILES string of the molecule is Cc1ccccc1[C@H](CC(C)C)N1CCNCC1.Cl.Cl. The van der Waals surface area contributed by atoms with Crippen molar-refractivity contribution in [2.75, 3.05) is 26.2 Å². The number of nitrogens with one attached hydrogen (secondary N) is 1. The van der Waals surface area contributed by atoms with Gasteiger partial charge in [-0.05, 0) is 30.4 Å². The monoisotopic (exact) mass is 318 g/mol. The first kappa shape index (κ1) is 19.7. The standard InChI is InChI=1S/C16H26N2.2ClH/c1-13(2)12-16(18-10-8-17-9-11-18)15-7-5-4-6-14(15)3;;/h4-7,13,16-17H,8-12H2,1-3H3;2*1H/t16-;;/m0../s1. The molecule has 0 unspecified atom stereocenters. The van der Waals surface area contributed by atoms with Gasteiger partial charge in [0.25, 0.3) is 0 Å². The van der Waals surface area contributed by atoms with Crippen LogP contribution < -0.4 is 5.32 Å². The summed E-state index contributed by atoms with van der Waals surface area (Å²) in [5, 5.41) is 3.45. The third-order valence-electron chi connectivity index (χ3n) is 3.83. The third-order valence-corrected chi connectivity index (χ3v) is 3.83. The Morgan fingerprint density at radius 3 is 2.25 bits per heavy atom. The summed E-state index contributed by atoms with van der Waals surface area (Å²) in [6.45, 7) is 11.5. The Kier molecular flexibility index (Phi) is 9.48. The van der Waals surface area contributed by atoms with E-state index in [-0.39, 0.29) is 24.8 Å². The van der Waals surface area contributed by atoms with Gasteiger partial charge in [0.15, 0.2) is 0 Å². The van der Waals surface area contributed by atoms with Crippen LogP contribution >= 0.6 is 24.8 Å². The lowest BCUT2D eigenvalue weighted by Gasteiger charge is -2.37. The second-order valence-corrected chi connectivity index (χ2v) is 5.79. The fourth-order valence-electron chi connectivity index (χ4n) is 2.87. The first-order valence-electron chi connectivity index (χ1n) is 7.18. The number of hydrogen-bond acceptors (Lipinski definition) is 2. The van der Waals surface area contributed by atoms with Crippen LogP contribution in [-0.2, 0) is 0 Å². The minimum Gasteiger partial charge on any atom is -0.314 e. The molecule has 4 heteroatoms. The molecule has 0 saturated carbocycles. The highest BCUT2D eigenvalue weighted by atomic mass is 35.5. The molecule has 1 aromatic carbocycles. The van der Waals surface area contributed by atoms with Crippen LogP contribution in [0.5, 0.6) is 0 Å². The Morgan fingerprint density at radius 2 is 1.70 bits per heavy atom. The Hall–Kier alpha value is -0.280. The molecule has 116 valence electrons. The van der Waals surface area contributed by atoms with Crippen molar-refractivity contribution in [3.05, 3.63) is 35.4 Å². The third kappa shape index (κ3) is 5.25. The second kappa shape index (κ2) is 9.62. The van der Waals surface area contributed by atoms with Crippen LogP contribution in [0.15, 0.2) is 24.3 Å². The molecule has 1 aliphatic rings. The van der Waals surface area contributed by atoms with E-state index in [1.54, 1.807) is 0 Å². The number of aryl methyl sites for hydroxylation is 1. The van der Waals surface area contributed by atoms with Gasteiger partial charge < -0.3 is 5.32 Å². The summed E-state index contributed by atoms with van der Waals surface area (Å²) >= 11 is 0. The summed E-state index contributed by atoms with van der Waals surface area (Å²) in [7, 11) is 0. The summed E-state index contributed by atoms with van der Waals surface area (Å²) in [6, 6.07) is 9.46. The molecule has 1 aliphatic heterocycles. The molecule has 1 aromatic rings. The lowest BCUT2D eigenvalue weighted by atomic mass is 9.92. The highest BCUT2D eigenvalue weighted by molar-refractivity contribution is 5.85. The number of nitrogens with zero attached hydrogens (tertiary/aromatic N) is 1. The summed E-state index contributed by atoms with van der Waals surface area (Å²) in [4.78, 5) is 2.65. The van der Waals surface area contributed by atoms with E-state index >= 15 is 0 Å². The molecule has 2 nitrogen and oxygen atoms in total. The molecule has 1 heterocycles. The Morgan fingerprint density at radius 1 is 1.10 bits per heavy atom. The number of halogens is 2. The quantitative estimate of drug-likeness (QED) is 0.907. The maximum atomic E-state index is 3.45. The molecule has 1 fully saturated rings. The number of rotatable bonds is 4. The van der Waals surface area contributed by atoms with Crippen LogP contribution in [0.2, 0.25) is 0 Å². The van der Waals surface area contributed by atoms with Crippen LogP contribution in [0, 0.1) is 12.8 Å². The Balaban J connectivity index is 0.00000180. The van der Waals surface area contributed by atoms with Gasteiger partial charge in [0.05, 0.1) is 0 Å². The van der Waals surface area contributed by atoms with Gasteiger partial charge in [-0.15, -0.1) is 24.8 Å². The first-order chi connectivity index (χ1) is 8.68. The summed E-state index contributed by atoms with van der Waals surface area (Å²) < 4.78 is 0. The van der Waals surface area contributed by atoms with Gasteiger partial charge in [-0.2, -0.15) is 0 Å². The minimum absolute atomic E-state index is 0. The molecule has 2 rings (SSSR count). The second-order valence-electron chi connectivity index (χ2n) is 5.79. The summed E-state index contributed by atoms with van der Waals surface area (Å²) in [5.74, 6) is 0.740. The zero-order valence-electron chi connectivity index (χ0n) is 12.8. The van der Waals surface area contributed by atoms with Crippen LogP contribution in [0.3, 0.4) is 0 Å². The van der Waals surface area contributed by atoms with Gasteiger partial charge in [0, 0.05) is 32.2 Å². The molecule has 20 heavy (non-hydrogen) atoms. The smallest absolute Gasteiger partial charge is 0.0354 e. The van der Waals surface area contributed by atoms with E-state index in [0.29, 0.717) is 6.04 Å². The molecule has 0 bridgehead atoms. The molecule has 1 atom stereocenters. The lowest BCUT2D eigenvalue weighted by Crippen LogP contribution is -2.45. The van der Waals surface area contributed by atoms with Crippen molar-refractivity contribution in [2.24, 2.45) is 5.92 Å². The fourth-order valence-corrected chi connectivity index (χ4v) is 2.87. The molecule has 0 radical (unpaired) electrons. The zero-order chi connectivity index (χ0) is 13.0. The van der Waals surface area contributed by atoms with Gasteiger partial charge >= 0.3 is 0 Å². The molecular weight excluding hydrogens is 291 g/mol. The zero-order valence-corrected chi connectivity index (χ0v) is 14.4. The van der Waals surface area contributed by atoms with Crippen LogP contribution in [0.25, 0.3) is 0 Å². The summed E-state index contributed by atoms with van der Waals surface area (Å²) in [6.07, 6.45) is 1.25. The molecular formula is C16H28Cl2N2. The largest absolute Gasteiger partial charge is 0.314 e. The Bertz CT molecular complexity index is 376. The summed E-state index contributed by atoms with van der Waals surface area (Å²) in [5.41, 5.74) is 2.95. The normalized spacial score (nSPS) is 17.2. The molecule has 0 amide bonds. The van der Waals surface area contributed by atoms with E-state index in [1.165, 1.54) is 30.6 Å². The molecule has 0 aromatic heterocycles. The predicted octanol–water partition coefficient (Wildman–Crippen LogP) is 3.83. The van der Waals surface area contributed by atoms with Gasteiger partial charge in [0.1, 0.15) is 0 Å². The van der Waals surface area contributed by atoms with E-state index in [2.05, 4.69) is 55.3 Å². The van der Waals surface area contributed by atoms with Crippen molar-refractivity contribution < 1.29 is 0 Å². The molecule has 1 N–H and O–H groups in total. The van der Waals surface area contributed by atoms with E-state index < -0.39 is 0 Å². The Labute approximate surface area is 136 Å². The van der Waals surface area contributed by atoms with Crippen molar-refractivity contribution in [3.63, 3.8) is 0 Å². The predicted molar refractivity (Wildman–Crippen MR) is 92.3 cm³/mol. The highest BCUT2D eigenvalue weighted by Crippen LogP contribution is 2.30. The van der Waals surface area contributed by atoms with E-state index in [9.17, 15) is 0 Å². The maximum Gasteiger partial charge on any atom is 0.0354 e. The molecule has 0 spiro atoms. The number of hydrogen-bond donors (Lipinski definition) is 1. The highest BCUT2D eigenvalue weighted by Gasteiger charge is 2.23. The van der Waals surface area contributed by atoms with E-state index in [4.69, 9.17) is 0 Å². The maximum absolute atomic E-state index is 3.45. The van der Waals surface area contributed by atoms with Gasteiger partial charge in [-0.25, -0.2) is 0 Å². The van der Waals surface area contributed by atoms with E-state index in [0.717, 1.165) is 19.0 Å². The van der Waals surface area contributed by atoms with Crippen LogP contribution in [0.1, 0.15) is 37.4 Å². The van der Waals surface area contributed by atoms with Crippen molar-refractivity contribution in [1.29, 1.82) is 0 Å². The van der Waals surface area contributed by atoms with Gasteiger partial charge in [0.2, 0.25) is 0 Å². The van der Waals surface area contributed by atoms with E-state index in [1.807, 2.05) is 0 Å². The topological polar surface area (TPSA) is 15.3 Å². The average Bonchev–Trinajstić information content (AvgIpc) is 2.38. The molecule has 1 saturated heterocycles. The van der Waals surface area contributed by atoms with Gasteiger partial charge in [-0.1, -0.05) is 38.1 Å². The van der Waals surface area contributed by atoms with Crippen molar-refractivity contribution in [3.8, 4) is 0 Å². The van der Waals surface area contributed by atoms with Crippen LogP contribution in [0.4, 0.5) is 0 Å². The van der Waals surface area contributed by atoms with Crippen molar-refractivity contribution in [2.45, 2.75) is 33.2 Å². The molecule has 0 aliphatic carbocycles. The fraction of sp³-hybridized carbons (Fsp3) is 0.625. The van der Waals surface area contributed by atoms with Gasteiger partial charge in [-0.3, -0.25) is 4.90 Å². The first-order valence-corrected chi connectivity index (χ1v) is 7.18. The number of piperazine rings is 1. The van der Waals surface area contributed by atoms with Crippen molar-refractivity contribution >= 4 is 24.8 Å². The average molecular weight is 319 g/mol. The van der Waals surface area contributed by atoms with Crippen LogP contribution in [-0.4, -0.2) is 31.1 Å².